The van der Waals surface area contributed by atoms with Crippen LogP contribution >= 0.6 is 0 Å². The van der Waals surface area contributed by atoms with Crippen LogP contribution < -0.4 is 9.80 Å². The van der Waals surface area contributed by atoms with E-state index < -0.39 is 0 Å². The first-order valence-corrected chi connectivity index (χ1v) is 20.8. The van der Waals surface area contributed by atoms with E-state index in [1.807, 2.05) is 0 Å². The largest absolute Gasteiger partial charge is 0.310 e. The van der Waals surface area contributed by atoms with Crippen LogP contribution in [0.2, 0.25) is 0 Å². The lowest BCUT2D eigenvalue weighted by molar-refractivity contribution is 1.02. The molecule has 61 heavy (non-hydrogen) atoms. The van der Waals surface area contributed by atoms with E-state index in [1.165, 1.54) is 22.3 Å². The molecular formula is C57H40N4. The zero-order valence-electron chi connectivity index (χ0n) is 34.5. The molecule has 4 heteroatoms. The zero-order valence-corrected chi connectivity index (χ0v) is 34.5. The molecule has 0 saturated heterocycles. The molecule has 0 spiro atoms. The first-order chi connectivity index (χ1) is 29.8. The number of fused-ring (bicyclic) bond motifs is 6. The Kier molecular flexibility index (Phi) is 8.21. The van der Waals surface area contributed by atoms with Gasteiger partial charge in [0.1, 0.15) is 12.1 Å². The second kappa shape index (κ2) is 13.8. The number of anilines is 5. The van der Waals surface area contributed by atoms with Crippen molar-refractivity contribution in [3.8, 4) is 34.4 Å². The molecule has 0 aromatic heterocycles. The molecule has 1 unspecified atom stereocenters. The summed E-state index contributed by atoms with van der Waals surface area (Å²) in [5.41, 5.74) is 21.0. The van der Waals surface area contributed by atoms with Gasteiger partial charge in [-0.1, -0.05) is 119 Å². The summed E-state index contributed by atoms with van der Waals surface area (Å²) in [6, 6.07) is 50.8. The van der Waals surface area contributed by atoms with E-state index in [-0.39, 0.29) is 5.92 Å². The molecule has 4 aliphatic rings. The Morgan fingerprint density at radius 2 is 1.05 bits per heavy atom. The zero-order chi connectivity index (χ0) is 41.5. The van der Waals surface area contributed by atoms with Gasteiger partial charge in [0.15, 0.2) is 0 Å². The van der Waals surface area contributed by atoms with E-state index in [4.69, 9.17) is 0 Å². The Hall–Kier alpha value is -7.92. The van der Waals surface area contributed by atoms with Crippen LogP contribution in [-0.4, -0.2) is 0 Å². The van der Waals surface area contributed by atoms with Crippen molar-refractivity contribution in [2.45, 2.75) is 33.6 Å². The number of hydrogen-bond acceptors (Lipinski definition) is 4. The average Bonchev–Trinajstić information content (AvgIpc) is 3.71. The molecule has 1 atom stereocenters. The number of hydrogen-bond donors (Lipinski definition) is 0. The highest BCUT2D eigenvalue weighted by molar-refractivity contribution is 6.22. The number of aryl methyl sites for hydroxylation is 4. The topological polar surface area (TPSA) is 54.1 Å². The van der Waals surface area contributed by atoms with E-state index in [2.05, 4.69) is 213 Å². The monoisotopic (exact) mass is 780 g/mol. The van der Waals surface area contributed by atoms with E-state index >= 15 is 0 Å². The van der Waals surface area contributed by atoms with Crippen LogP contribution in [-0.2, 0) is 0 Å². The summed E-state index contributed by atoms with van der Waals surface area (Å²) in [6.07, 6.45) is 13.1. The van der Waals surface area contributed by atoms with Crippen molar-refractivity contribution in [3.05, 3.63) is 225 Å². The molecule has 0 saturated carbocycles. The van der Waals surface area contributed by atoms with Gasteiger partial charge in [0.2, 0.25) is 0 Å². The maximum Gasteiger partial charge on any atom is 0.100 e. The van der Waals surface area contributed by atoms with Gasteiger partial charge in [-0.3, -0.25) is 0 Å². The van der Waals surface area contributed by atoms with Crippen molar-refractivity contribution in [1.82, 2.24) is 0 Å². The van der Waals surface area contributed by atoms with Gasteiger partial charge in [-0.25, -0.2) is 0 Å². The molecular weight excluding hydrogens is 741 g/mol. The molecule has 0 fully saturated rings. The van der Waals surface area contributed by atoms with Gasteiger partial charge in [0.05, 0.1) is 16.8 Å². The summed E-state index contributed by atoms with van der Waals surface area (Å²) in [6.45, 7) is 8.44. The number of rotatable bonds is 6. The summed E-state index contributed by atoms with van der Waals surface area (Å²) in [4.78, 5) is 4.61. The number of nitriles is 2. The van der Waals surface area contributed by atoms with Crippen LogP contribution in [0.15, 0.2) is 181 Å². The molecule has 11 rings (SSSR count). The molecule has 0 bridgehead atoms. The normalized spacial score (nSPS) is 15.0. The third-order valence-electron chi connectivity index (χ3n) is 12.8. The summed E-state index contributed by atoms with van der Waals surface area (Å²) < 4.78 is 0. The fourth-order valence-electron chi connectivity index (χ4n) is 9.93. The van der Waals surface area contributed by atoms with Gasteiger partial charge in [0, 0.05) is 56.4 Å². The van der Waals surface area contributed by atoms with Crippen molar-refractivity contribution in [1.29, 1.82) is 10.5 Å². The summed E-state index contributed by atoms with van der Waals surface area (Å²) in [5.74, 6) is -0.179. The Balaban J connectivity index is 1.11. The predicted octanol–water partition coefficient (Wildman–Crippen LogP) is 14.6. The van der Waals surface area contributed by atoms with E-state index in [0.717, 1.165) is 95.0 Å². The third-order valence-corrected chi connectivity index (χ3v) is 12.8. The minimum Gasteiger partial charge on any atom is -0.310 e. The number of benzene rings is 7. The van der Waals surface area contributed by atoms with Gasteiger partial charge in [0.25, 0.3) is 0 Å². The van der Waals surface area contributed by atoms with Crippen LogP contribution in [0, 0.1) is 50.4 Å². The molecule has 7 aromatic carbocycles. The lowest BCUT2D eigenvalue weighted by Crippen LogP contribution is -2.16. The summed E-state index contributed by atoms with van der Waals surface area (Å²) >= 11 is 0. The van der Waals surface area contributed by atoms with E-state index in [9.17, 15) is 10.5 Å². The lowest BCUT2D eigenvalue weighted by Gasteiger charge is -2.27. The molecule has 0 heterocycles. The average molecular weight is 781 g/mol. The van der Waals surface area contributed by atoms with Gasteiger partial charge < -0.3 is 9.80 Å². The smallest absolute Gasteiger partial charge is 0.100 e. The quantitative estimate of drug-likeness (QED) is 0.169. The van der Waals surface area contributed by atoms with Crippen LogP contribution in [0.1, 0.15) is 50.4 Å². The van der Waals surface area contributed by atoms with Gasteiger partial charge in [-0.2, -0.15) is 10.5 Å². The third kappa shape index (κ3) is 5.50. The fraction of sp³-hybridized carbons (Fsp3) is 0.0877. The molecule has 288 valence electrons. The predicted molar refractivity (Wildman–Crippen MR) is 251 cm³/mol. The summed E-state index contributed by atoms with van der Waals surface area (Å²) in [5, 5.41) is 24.8. The molecule has 4 nitrogen and oxygen atoms in total. The Morgan fingerprint density at radius 3 is 1.61 bits per heavy atom. The highest BCUT2D eigenvalue weighted by atomic mass is 15.2. The molecule has 0 radical (unpaired) electrons. The second-order valence-electron chi connectivity index (χ2n) is 16.6. The Labute approximate surface area is 356 Å². The van der Waals surface area contributed by atoms with Gasteiger partial charge in [-0.05, 0) is 133 Å². The lowest BCUT2D eigenvalue weighted by atomic mass is 9.81. The SMILES string of the molecule is Cc1ccc(N(C2=CC3=CC=CC4C3=C(C=C2)c2c(C#N)c3c(c(C#N)c24)-c2ccc(N(c4ccc(C)cc4)c4ccc(C)cc4)c4cccc-3c24)c2ccc(C)cc2)cc1. The Morgan fingerprint density at radius 1 is 0.525 bits per heavy atom. The van der Waals surface area contributed by atoms with Crippen LogP contribution in [0.4, 0.5) is 28.4 Å². The summed E-state index contributed by atoms with van der Waals surface area (Å²) in [7, 11) is 0. The van der Waals surface area contributed by atoms with Crippen molar-refractivity contribution in [3.63, 3.8) is 0 Å². The molecule has 0 aliphatic heterocycles. The maximum atomic E-state index is 11.4. The standard InChI is InChI=1S/C57H40N4/c1-34-11-19-39(20-12-34)60(40-21-13-35(2)14-22-40)43-27-28-47-52-38(31-43)7-5-9-45(52)54-49(32-58)57-48-29-30-51(44-8-6-10-46(53(44)48)55(57)50(33-59)56(47)54)61(41-23-15-36(3)16-24-41)42-25-17-37(4)18-26-42/h5-31,45H,1-4H3. The van der Waals surface area contributed by atoms with Crippen LogP contribution in [0.3, 0.4) is 0 Å². The molecule has 7 aromatic rings. The maximum absolute atomic E-state index is 11.4. The highest BCUT2D eigenvalue weighted by Gasteiger charge is 2.42. The van der Waals surface area contributed by atoms with Crippen LogP contribution in [0.25, 0.3) is 38.6 Å². The number of allylic oxidation sites excluding steroid dienone is 9. The van der Waals surface area contributed by atoms with E-state index in [0.29, 0.717) is 11.1 Å². The van der Waals surface area contributed by atoms with Crippen molar-refractivity contribution in [2.75, 3.05) is 9.80 Å². The number of nitrogens with zero attached hydrogens (tertiary/aromatic N) is 4. The van der Waals surface area contributed by atoms with Crippen molar-refractivity contribution in [2.24, 2.45) is 0 Å². The van der Waals surface area contributed by atoms with Gasteiger partial charge >= 0.3 is 0 Å². The first kappa shape index (κ1) is 36.2. The second-order valence-corrected chi connectivity index (χ2v) is 16.6. The van der Waals surface area contributed by atoms with Gasteiger partial charge in [-0.15, -0.1) is 0 Å². The molecule has 0 N–H and O–H groups in total. The van der Waals surface area contributed by atoms with Crippen molar-refractivity contribution >= 4 is 44.8 Å². The van der Waals surface area contributed by atoms with E-state index in [1.54, 1.807) is 0 Å². The fourth-order valence-corrected chi connectivity index (χ4v) is 9.93. The Bertz CT molecular complexity index is 3180. The van der Waals surface area contributed by atoms with Crippen molar-refractivity contribution < 1.29 is 0 Å². The molecule has 0 amide bonds. The molecule has 4 aliphatic carbocycles. The minimum absolute atomic E-state index is 0.179. The van der Waals surface area contributed by atoms with Crippen LogP contribution in [0.5, 0.6) is 0 Å². The first-order valence-electron chi connectivity index (χ1n) is 20.8. The highest BCUT2D eigenvalue weighted by Crippen LogP contribution is 2.60. The minimum atomic E-state index is -0.179.